The van der Waals surface area contributed by atoms with Crippen LogP contribution in [0.2, 0.25) is 0 Å². The Morgan fingerprint density at radius 1 is 1.27 bits per heavy atom. The van der Waals surface area contributed by atoms with E-state index in [1.807, 2.05) is 31.2 Å². The molecule has 0 saturated carbocycles. The molecule has 0 bridgehead atoms. The van der Waals surface area contributed by atoms with Gasteiger partial charge in [-0.25, -0.2) is 4.99 Å². The molecular weight excluding hydrogens is 154 g/mol. The van der Waals surface area contributed by atoms with Crippen LogP contribution < -0.4 is 10.6 Å². The summed E-state index contributed by atoms with van der Waals surface area (Å²) in [7, 11) is 0. The maximum absolute atomic E-state index is 5.04. The number of fused-ring (bicyclic) bond motifs is 1. The summed E-state index contributed by atoms with van der Waals surface area (Å²) in [4.78, 5) is 4.96. The standard InChI is InChI=1S/C9H7NS/c1-6-7-4-2-3-5-8(7)10-9(6)11/h2-5H,1H3. The molecule has 0 aliphatic carbocycles. The Morgan fingerprint density at radius 3 is 2.73 bits per heavy atom. The van der Waals surface area contributed by atoms with E-state index in [0.29, 0.717) is 0 Å². The van der Waals surface area contributed by atoms with Gasteiger partial charge in [0.05, 0.1) is 5.36 Å². The number of para-hydroxylation sites is 1. The van der Waals surface area contributed by atoms with Crippen LogP contribution >= 0.6 is 12.2 Å². The van der Waals surface area contributed by atoms with Crippen LogP contribution in [0.5, 0.6) is 0 Å². The molecule has 0 saturated heterocycles. The van der Waals surface area contributed by atoms with Crippen LogP contribution in [0.3, 0.4) is 0 Å². The summed E-state index contributed by atoms with van der Waals surface area (Å²) < 4.78 is 0. The van der Waals surface area contributed by atoms with Crippen molar-refractivity contribution in [3.05, 3.63) is 34.8 Å². The summed E-state index contributed by atoms with van der Waals surface area (Å²) in [6.45, 7) is 2.01. The van der Waals surface area contributed by atoms with Gasteiger partial charge in [-0.1, -0.05) is 30.4 Å². The molecule has 0 amide bonds. The lowest BCUT2D eigenvalue weighted by atomic mass is 10.2. The normalized spacial score (nSPS) is 14.6. The van der Waals surface area contributed by atoms with Gasteiger partial charge in [-0.2, -0.15) is 0 Å². The minimum absolute atomic E-state index is 0.728. The molecule has 0 aromatic heterocycles. The Bertz CT molecular complexity index is 431. The van der Waals surface area contributed by atoms with Gasteiger partial charge in [0.2, 0.25) is 0 Å². The number of rotatable bonds is 0. The van der Waals surface area contributed by atoms with E-state index in [0.717, 1.165) is 15.9 Å². The number of hydrogen-bond donors (Lipinski definition) is 0. The van der Waals surface area contributed by atoms with Crippen molar-refractivity contribution in [2.24, 2.45) is 4.99 Å². The quantitative estimate of drug-likeness (QED) is 0.513. The van der Waals surface area contributed by atoms with Crippen LogP contribution in [0, 0.1) is 0 Å². The Balaban J connectivity index is 3.00. The third kappa shape index (κ3) is 0.906. The molecular formula is C9H7NS. The fourth-order valence-corrected chi connectivity index (χ4v) is 1.41. The van der Waals surface area contributed by atoms with Crippen LogP contribution in [-0.2, 0) is 0 Å². The van der Waals surface area contributed by atoms with Crippen LogP contribution in [0.1, 0.15) is 6.92 Å². The summed E-state index contributed by atoms with van der Waals surface area (Å²) in [5, 5.41) is 2.19. The number of hydrogen-bond acceptors (Lipinski definition) is 1. The Labute approximate surface area is 70.1 Å². The van der Waals surface area contributed by atoms with Crippen LogP contribution in [-0.4, -0.2) is 4.99 Å². The average molecular weight is 161 g/mol. The second-order valence-electron chi connectivity index (χ2n) is 2.56. The minimum Gasteiger partial charge on any atom is -0.236 e. The van der Waals surface area contributed by atoms with Gasteiger partial charge < -0.3 is 0 Å². The highest BCUT2D eigenvalue weighted by atomic mass is 32.1. The lowest BCUT2D eigenvalue weighted by Crippen LogP contribution is -2.21. The molecule has 0 unspecified atom stereocenters. The SMILES string of the molecule is CC1=c2ccccc2=NC1=S. The molecule has 1 aliphatic rings. The molecule has 11 heavy (non-hydrogen) atoms. The van der Waals surface area contributed by atoms with E-state index in [-0.39, 0.29) is 0 Å². The van der Waals surface area contributed by atoms with Gasteiger partial charge in [0.15, 0.2) is 0 Å². The topological polar surface area (TPSA) is 12.4 Å². The van der Waals surface area contributed by atoms with E-state index in [4.69, 9.17) is 12.2 Å². The minimum atomic E-state index is 0.728. The molecule has 2 heteroatoms. The largest absolute Gasteiger partial charge is 0.236 e. The second kappa shape index (κ2) is 2.24. The number of thiocarbonyl (C=S) groups is 1. The maximum atomic E-state index is 5.04. The first-order valence-electron chi connectivity index (χ1n) is 3.48. The zero-order chi connectivity index (χ0) is 7.84. The van der Waals surface area contributed by atoms with E-state index in [9.17, 15) is 0 Å². The Hall–Kier alpha value is -1.02. The summed E-state index contributed by atoms with van der Waals surface area (Å²) in [5.74, 6) is 0. The molecule has 2 rings (SSSR count). The molecule has 0 atom stereocenters. The Morgan fingerprint density at radius 2 is 2.00 bits per heavy atom. The second-order valence-corrected chi connectivity index (χ2v) is 2.95. The molecule has 0 radical (unpaired) electrons. The van der Waals surface area contributed by atoms with E-state index < -0.39 is 0 Å². The Kier molecular flexibility index (Phi) is 1.36. The zero-order valence-corrected chi connectivity index (χ0v) is 6.98. The highest BCUT2D eigenvalue weighted by molar-refractivity contribution is 7.81. The van der Waals surface area contributed by atoms with Crippen LogP contribution in [0.25, 0.3) is 5.57 Å². The van der Waals surface area contributed by atoms with E-state index in [2.05, 4.69) is 4.99 Å². The summed E-state index contributed by atoms with van der Waals surface area (Å²) in [6.07, 6.45) is 0. The van der Waals surface area contributed by atoms with Crippen molar-refractivity contribution < 1.29 is 0 Å². The predicted octanol–water partition coefficient (Wildman–Crippen LogP) is 0.818. The van der Waals surface area contributed by atoms with Gasteiger partial charge in [0.25, 0.3) is 0 Å². The molecule has 1 heterocycles. The fraction of sp³-hybridized carbons (Fsp3) is 0.111. The fourth-order valence-electron chi connectivity index (χ4n) is 1.20. The lowest BCUT2D eigenvalue weighted by Gasteiger charge is -1.85. The van der Waals surface area contributed by atoms with Gasteiger partial charge in [0, 0.05) is 5.22 Å². The first-order chi connectivity index (χ1) is 5.29. The average Bonchev–Trinajstić information content (AvgIpc) is 2.30. The van der Waals surface area contributed by atoms with Crippen molar-refractivity contribution in [1.82, 2.24) is 0 Å². The summed E-state index contributed by atoms with van der Waals surface area (Å²) in [5.41, 5.74) is 1.12. The van der Waals surface area contributed by atoms with Gasteiger partial charge in [-0.05, 0) is 18.6 Å². The number of benzene rings is 1. The molecule has 0 N–H and O–H groups in total. The highest BCUT2D eigenvalue weighted by Crippen LogP contribution is 1.99. The van der Waals surface area contributed by atoms with Crippen LogP contribution in [0.4, 0.5) is 0 Å². The summed E-state index contributed by atoms with van der Waals surface area (Å²) >= 11 is 5.04. The molecule has 0 fully saturated rings. The molecule has 1 aromatic rings. The first-order valence-corrected chi connectivity index (χ1v) is 3.89. The van der Waals surface area contributed by atoms with Crippen molar-refractivity contribution in [2.45, 2.75) is 6.92 Å². The van der Waals surface area contributed by atoms with E-state index in [1.165, 1.54) is 5.22 Å². The van der Waals surface area contributed by atoms with Crippen molar-refractivity contribution in [3.63, 3.8) is 0 Å². The van der Waals surface area contributed by atoms with E-state index in [1.54, 1.807) is 0 Å². The molecule has 1 nitrogen and oxygen atoms in total. The zero-order valence-electron chi connectivity index (χ0n) is 6.16. The highest BCUT2D eigenvalue weighted by Gasteiger charge is 2.05. The maximum Gasteiger partial charge on any atom is 0.130 e. The third-order valence-corrected chi connectivity index (χ3v) is 2.25. The molecule has 1 aliphatic heterocycles. The van der Waals surface area contributed by atoms with Crippen molar-refractivity contribution in [1.29, 1.82) is 0 Å². The van der Waals surface area contributed by atoms with Crippen LogP contribution in [0.15, 0.2) is 29.3 Å². The van der Waals surface area contributed by atoms with Crippen molar-refractivity contribution in [3.8, 4) is 0 Å². The third-order valence-electron chi connectivity index (χ3n) is 1.85. The molecule has 0 spiro atoms. The monoisotopic (exact) mass is 161 g/mol. The number of nitrogens with zero attached hydrogens (tertiary/aromatic N) is 1. The van der Waals surface area contributed by atoms with Gasteiger partial charge in [0.1, 0.15) is 4.99 Å². The van der Waals surface area contributed by atoms with Gasteiger partial charge in [-0.3, -0.25) is 0 Å². The van der Waals surface area contributed by atoms with Gasteiger partial charge in [-0.15, -0.1) is 0 Å². The van der Waals surface area contributed by atoms with Crippen molar-refractivity contribution in [2.75, 3.05) is 0 Å². The predicted molar refractivity (Wildman–Crippen MR) is 48.9 cm³/mol. The smallest absolute Gasteiger partial charge is 0.130 e. The summed E-state index contributed by atoms with van der Waals surface area (Å²) in [6, 6.07) is 8.01. The molecule has 1 aromatic carbocycles. The molecule has 54 valence electrons. The van der Waals surface area contributed by atoms with E-state index >= 15 is 0 Å². The van der Waals surface area contributed by atoms with Gasteiger partial charge >= 0.3 is 0 Å². The first kappa shape index (κ1) is 6.68. The van der Waals surface area contributed by atoms with Crippen molar-refractivity contribution >= 4 is 22.8 Å². The lowest BCUT2D eigenvalue weighted by molar-refractivity contribution is 1.40.